The van der Waals surface area contributed by atoms with Gasteiger partial charge < -0.3 is 15.6 Å². The lowest BCUT2D eigenvalue weighted by atomic mass is 9.99. The van der Waals surface area contributed by atoms with Gasteiger partial charge in [0.2, 0.25) is 5.91 Å². The minimum absolute atomic E-state index is 0.0277. The zero-order valence-electron chi connectivity index (χ0n) is 15.9. The Labute approximate surface area is 159 Å². The van der Waals surface area contributed by atoms with Gasteiger partial charge in [-0.25, -0.2) is 0 Å². The van der Waals surface area contributed by atoms with Crippen LogP contribution in [0.4, 0.5) is 0 Å². The number of pyridine rings is 1. The number of carbonyl (C=O) groups excluding carboxylic acids is 1. The summed E-state index contributed by atoms with van der Waals surface area (Å²) in [6, 6.07) is 12.0. The monoisotopic (exact) mass is 366 g/mol. The summed E-state index contributed by atoms with van der Waals surface area (Å²) in [5.41, 5.74) is 8.81. The molecule has 2 aromatic rings. The van der Waals surface area contributed by atoms with Gasteiger partial charge in [0.25, 0.3) is 5.56 Å². The van der Waals surface area contributed by atoms with Crippen molar-refractivity contribution in [2.24, 2.45) is 5.73 Å². The number of aromatic nitrogens is 1. The normalized spacial score (nSPS) is 10.4. The van der Waals surface area contributed by atoms with Crippen molar-refractivity contribution in [2.75, 3.05) is 19.6 Å². The number of nitrogens with one attached hydrogen (secondary N) is 1. The van der Waals surface area contributed by atoms with Crippen LogP contribution in [0.3, 0.4) is 0 Å². The van der Waals surface area contributed by atoms with Gasteiger partial charge in [0.1, 0.15) is 11.6 Å². The molecule has 0 aliphatic carbocycles. The SMILES string of the molecule is Cc1[nH]c(=O)c(C#N)c(C)c1CCC(=O)N(CCN)CCc1ccccc1. The molecule has 2 rings (SSSR count). The molecule has 1 heterocycles. The van der Waals surface area contributed by atoms with Crippen LogP contribution < -0.4 is 11.3 Å². The van der Waals surface area contributed by atoms with Crippen molar-refractivity contribution >= 4 is 5.91 Å². The van der Waals surface area contributed by atoms with Crippen LogP contribution in [0.15, 0.2) is 35.1 Å². The summed E-state index contributed by atoms with van der Waals surface area (Å²) >= 11 is 0. The Bertz CT molecular complexity index is 882. The van der Waals surface area contributed by atoms with E-state index in [-0.39, 0.29) is 17.0 Å². The first-order valence-corrected chi connectivity index (χ1v) is 9.12. The van der Waals surface area contributed by atoms with Crippen LogP contribution in [-0.2, 0) is 17.6 Å². The second-order valence-electron chi connectivity index (χ2n) is 6.57. The number of amides is 1. The zero-order chi connectivity index (χ0) is 19.8. The number of hydrogen-bond acceptors (Lipinski definition) is 4. The van der Waals surface area contributed by atoms with E-state index in [0.29, 0.717) is 43.7 Å². The first-order valence-electron chi connectivity index (χ1n) is 9.12. The van der Waals surface area contributed by atoms with Crippen molar-refractivity contribution in [3.05, 3.63) is 68.6 Å². The zero-order valence-corrected chi connectivity index (χ0v) is 15.9. The average molecular weight is 366 g/mol. The molecule has 0 unspecified atom stereocenters. The van der Waals surface area contributed by atoms with E-state index in [4.69, 9.17) is 11.0 Å². The molecule has 1 aromatic carbocycles. The molecule has 0 aliphatic rings. The summed E-state index contributed by atoms with van der Waals surface area (Å²) in [6.07, 6.45) is 1.57. The van der Waals surface area contributed by atoms with Gasteiger partial charge in [-0.15, -0.1) is 0 Å². The standard InChI is InChI=1S/C21H26N4O2/c1-15-18(16(2)24-21(27)19(15)14-23)8-9-20(26)25(13-11-22)12-10-17-6-4-3-5-7-17/h3-7H,8-13,22H2,1-2H3,(H,24,27). The number of rotatable bonds is 8. The molecule has 0 spiro atoms. The van der Waals surface area contributed by atoms with Crippen molar-refractivity contribution in [3.63, 3.8) is 0 Å². The van der Waals surface area contributed by atoms with Crippen molar-refractivity contribution in [3.8, 4) is 6.07 Å². The van der Waals surface area contributed by atoms with E-state index in [0.717, 1.165) is 12.0 Å². The summed E-state index contributed by atoms with van der Waals surface area (Å²) in [4.78, 5) is 29.0. The van der Waals surface area contributed by atoms with Crippen molar-refractivity contribution < 1.29 is 4.79 Å². The quantitative estimate of drug-likeness (QED) is 0.744. The Kier molecular flexibility index (Phi) is 7.33. The first-order chi connectivity index (χ1) is 13.0. The minimum Gasteiger partial charge on any atom is -0.341 e. The number of nitriles is 1. The number of benzene rings is 1. The Hall–Kier alpha value is -2.91. The Morgan fingerprint density at radius 1 is 1.19 bits per heavy atom. The van der Waals surface area contributed by atoms with Gasteiger partial charge in [-0.3, -0.25) is 9.59 Å². The third-order valence-corrected chi connectivity index (χ3v) is 4.77. The molecule has 0 radical (unpaired) electrons. The van der Waals surface area contributed by atoms with Crippen LogP contribution >= 0.6 is 0 Å². The molecule has 0 fully saturated rings. The highest BCUT2D eigenvalue weighted by atomic mass is 16.2. The van der Waals surface area contributed by atoms with Gasteiger partial charge in [-0.05, 0) is 43.4 Å². The topological polar surface area (TPSA) is 103 Å². The Morgan fingerprint density at radius 2 is 1.89 bits per heavy atom. The van der Waals surface area contributed by atoms with Crippen molar-refractivity contribution in [1.29, 1.82) is 5.26 Å². The predicted octanol–water partition coefficient (Wildman–Crippen LogP) is 1.83. The fourth-order valence-corrected chi connectivity index (χ4v) is 3.24. The van der Waals surface area contributed by atoms with Crippen molar-refractivity contribution in [2.45, 2.75) is 33.1 Å². The van der Waals surface area contributed by atoms with Crippen molar-refractivity contribution in [1.82, 2.24) is 9.88 Å². The maximum absolute atomic E-state index is 12.7. The minimum atomic E-state index is -0.379. The number of aryl methyl sites for hydroxylation is 1. The molecule has 3 N–H and O–H groups in total. The second kappa shape index (κ2) is 9.70. The van der Waals surface area contributed by atoms with E-state index in [1.54, 1.807) is 18.7 Å². The Balaban J connectivity index is 2.06. The molecule has 0 saturated carbocycles. The first kappa shape index (κ1) is 20.4. The molecule has 1 amide bonds. The summed E-state index contributed by atoms with van der Waals surface area (Å²) < 4.78 is 0. The van der Waals surface area contributed by atoms with Crippen LogP contribution in [0, 0.1) is 25.2 Å². The highest BCUT2D eigenvalue weighted by Crippen LogP contribution is 2.15. The summed E-state index contributed by atoms with van der Waals surface area (Å²) in [7, 11) is 0. The van der Waals surface area contributed by atoms with E-state index >= 15 is 0 Å². The van der Waals surface area contributed by atoms with Gasteiger partial charge in [0.15, 0.2) is 0 Å². The molecule has 0 aliphatic heterocycles. The van der Waals surface area contributed by atoms with Gasteiger partial charge >= 0.3 is 0 Å². The summed E-state index contributed by atoms with van der Waals surface area (Å²) in [5, 5.41) is 9.17. The fourth-order valence-electron chi connectivity index (χ4n) is 3.24. The number of carbonyl (C=O) groups is 1. The number of H-pyrrole nitrogens is 1. The number of nitrogens with two attached hydrogens (primary N) is 1. The highest BCUT2D eigenvalue weighted by Gasteiger charge is 2.16. The van der Waals surface area contributed by atoms with Gasteiger partial charge in [0.05, 0.1) is 0 Å². The molecule has 27 heavy (non-hydrogen) atoms. The summed E-state index contributed by atoms with van der Waals surface area (Å²) in [5.74, 6) is 0.0277. The highest BCUT2D eigenvalue weighted by molar-refractivity contribution is 5.76. The van der Waals surface area contributed by atoms with E-state index in [1.165, 1.54) is 5.56 Å². The lowest BCUT2D eigenvalue weighted by molar-refractivity contribution is -0.131. The largest absolute Gasteiger partial charge is 0.341 e. The average Bonchev–Trinajstić information content (AvgIpc) is 2.65. The smallest absolute Gasteiger partial charge is 0.266 e. The van der Waals surface area contributed by atoms with E-state index in [9.17, 15) is 9.59 Å². The van der Waals surface area contributed by atoms with E-state index in [2.05, 4.69) is 4.98 Å². The molecule has 0 saturated heterocycles. The van der Waals surface area contributed by atoms with Gasteiger partial charge in [0, 0.05) is 31.7 Å². The number of aromatic amines is 1. The van der Waals surface area contributed by atoms with Gasteiger partial charge in [-0.1, -0.05) is 30.3 Å². The third kappa shape index (κ3) is 5.28. The molecule has 142 valence electrons. The number of hydrogen-bond donors (Lipinski definition) is 2. The molecule has 0 bridgehead atoms. The maximum Gasteiger partial charge on any atom is 0.266 e. The van der Waals surface area contributed by atoms with Crippen LogP contribution in [0.5, 0.6) is 0 Å². The molecular formula is C21H26N4O2. The lowest BCUT2D eigenvalue weighted by Crippen LogP contribution is -2.37. The van der Waals surface area contributed by atoms with Gasteiger partial charge in [-0.2, -0.15) is 5.26 Å². The van der Waals surface area contributed by atoms with E-state index in [1.807, 2.05) is 36.4 Å². The molecular weight excluding hydrogens is 340 g/mol. The molecule has 1 aromatic heterocycles. The predicted molar refractivity (Wildman–Crippen MR) is 105 cm³/mol. The van der Waals surface area contributed by atoms with Crippen LogP contribution in [-0.4, -0.2) is 35.4 Å². The molecule has 6 heteroatoms. The molecule has 6 nitrogen and oxygen atoms in total. The third-order valence-electron chi connectivity index (χ3n) is 4.77. The lowest BCUT2D eigenvalue weighted by Gasteiger charge is -2.22. The van der Waals surface area contributed by atoms with Crippen LogP contribution in [0.1, 0.15) is 34.4 Å². The maximum atomic E-state index is 12.7. The van der Waals surface area contributed by atoms with Crippen LogP contribution in [0.2, 0.25) is 0 Å². The Morgan fingerprint density at radius 3 is 2.52 bits per heavy atom. The van der Waals surface area contributed by atoms with E-state index < -0.39 is 0 Å². The second-order valence-corrected chi connectivity index (χ2v) is 6.57. The molecule has 0 atom stereocenters. The number of nitrogens with zero attached hydrogens (tertiary/aromatic N) is 2. The van der Waals surface area contributed by atoms with Crippen LogP contribution in [0.25, 0.3) is 0 Å². The summed E-state index contributed by atoms with van der Waals surface area (Å²) in [6.45, 7) is 5.09. The fraction of sp³-hybridized carbons (Fsp3) is 0.381.